The first-order valence-electron chi connectivity index (χ1n) is 16.1. The lowest BCUT2D eigenvalue weighted by Crippen LogP contribution is -2.26. The van der Waals surface area contributed by atoms with Gasteiger partial charge in [-0.05, 0) is 86.1 Å². The Kier molecular flexibility index (Phi) is 19.5. The van der Waals surface area contributed by atoms with Crippen LogP contribution in [-0.2, 0) is 6.18 Å². The van der Waals surface area contributed by atoms with Gasteiger partial charge in [-0.1, -0.05) is 87.3 Å². The fraction of sp³-hybridized carbons (Fsp3) is 0.686. The van der Waals surface area contributed by atoms with Crippen LogP contribution in [0.2, 0.25) is 0 Å². The first-order chi connectivity index (χ1) is 20.2. The van der Waals surface area contributed by atoms with Crippen molar-refractivity contribution in [1.29, 1.82) is 0 Å². The molecule has 3 rings (SSSR count). The predicted molar refractivity (Wildman–Crippen MR) is 186 cm³/mol. The molecule has 3 atom stereocenters. The van der Waals surface area contributed by atoms with E-state index in [2.05, 4.69) is 63.7 Å². The fourth-order valence-corrected chi connectivity index (χ4v) is 7.16. The summed E-state index contributed by atoms with van der Waals surface area (Å²) in [5.41, 5.74) is 2.46. The number of aryl methyl sites for hydroxylation is 1. The monoisotopic (exact) mass is 659 g/mol. The largest absolute Gasteiger partial charge is 0.442 e. The van der Waals surface area contributed by atoms with E-state index in [-0.39, 0.29) is 12.4 Å². The Balaban J connectivity index is 0.000000787. The summed E-state index contributed by atoms with van der Waals surface area (Å²) in [6.45, 7) is 23.4. The van der Waals surface area contributed by atoms with E-state index in [1.807, 2.05) is 27.7 Å². The number of halogens is 4. The Hall–Kier alpha value is -1.80. The summed E-state index contributed by atoms with van der Waals surface area (Å²) in [7, 11) is 0. The fourth-order valence-electron chi connectivity index (χ4n) is 6.09. The maximum Gasteiger partial charge on any atom is 0.416 e. The Morgan fingerprint density at radius 1 is 1.09 bits per heavy atom. The van der Waals surface area contributed by atoms with E-state index in [9.17, 15) is 13.2 Å². The standard InChI is InChI=1S/C19H27F3.C14H23N3OS.C2H6.ClH/c1-5-17-16(10-11-18(17,4)12-13(2)3)14-6-8-15(9-7-14)19(20,21)22;1-6-7-8-19-14(10(2)3)17-16-12(5)13-11(4)15-9-18-13;1-2;/h6-9,13,16-17H,5,10-12H2,1-4H3;9-10H,6-8H2,1-5H3;1-2H3;1H/b;16-12+,17-14+;;/t16?,17-,18-;;;/m1.../s1. The van der Waals surface area contributed by atoms with Crippen LogP contribution in [0.3, 0.4) is 0 Å². The molecule has 0 amide bonds. The zero-order chi connectivity index (χ0) is 32.8. The maximum atomic E-state index is 12.7. The number of benzene rings is 1. The number of nitrogens with zero attached hydrogens (tertiary/aromatic N) is 3. The van der Waals surface area contributed by atoms with Crippen molar-refractivity contribution in [3.8, 4) is 0 Å². The van der Waals surface area contributed by atoms with Crippen LogP contribution in [0.1, 0.15) is 136 Å². The van der Waals surface area contributed by atoms with Crippen molar-refractivity contribution in [1.82, 2.24) is 4.98 Å². The van der Waals surface area contributed by atoms with Crippen LogP contribution in [0.5, 0.6) is 0 Å². The molecular weight excluding hydrogens is 603 g/mol. The quantitative estimate of drug-likeness (QED) is 0.110. The molecule has 0 aliphatic heterocycles. The summed E-state index contributed by atoms with van der Waals surface area (Å²) in [6.07, 6.45) is 4.16. The summed E-state index contributed by atoms with van der Waals surface area (Å²) < 4.78 is 43.4. The van der Waals surface area contributed by atoms with Crippen LogP contribution in [0, 0.1) is 30.1 Å². The van der Waals surface area contributed by atoms with Gasteiger partial charge in [0, 0.05) is 5.92 Å². The second-order valence-electron chi connectivity index (χ2n) is 12.3. The lowest BCUT2D eigenvalue weighted by atomic mass is 9.70. The van der Waals surface area contributed by atoms with Gasteiger partial charge in [0.15, 0.2) is 12.2 Å². The van der Waals surface area contributed by atoms with Crippen LogP contribution >= 0.6 is 24.2 Å². The van der Waals surface area contributed by atoms with E-state index in [0.717, 1.165) is 40.6 Å². The molecular formula is C35H57ClF3N3OS. The zero-order valence-electron chi connectivity index (χ0n) is 28.8. The Bertz CT molecular complexity index is 1130. The van der Waals surface area contributed by atoms with Crippen molar-refractivity contribution in [2.24, 2.45) is 33.4 Å². The van der Waals surface area contributed by atoms with Crippen molar-refractivity contribution in [3.63, 3.8) is 0 Å². The van der Waals surface area contributed by atoms with Crippen LogP contribution < -0.4 is 0 Å². The number of aromatic nitrogens is 1. The molecule has 2 aromatic rings. The van der Waals surface area contributed by atoms with Crippen molar-refractivity contribution in [2.75, 3.05) is 5.75 Å². The lowest BCUT2D eigenvalue weighted by Gasteiger charge is -2.35. The molecule has 44 heavy (non-hydrogen) atoms. The highest BCUT2D eigenvalue weighted by Crippen LogP contribution is 2.55. The molecule has 1 saturated carbocycles. The Morgan fingerprint density at radius 3 is 2.16 bits per heavy atom. The van der Waals surface area contributed by atoms with Crippen LogP contribution in [0.25, 0.3) is 0 Å². The maximum absolute atomic E-state index is 12.7. The lowest BCUT2D eigenvalue weighted by molar-refractivity contribution is -0.137. The minimum absolute atomic E-state index is 0. The molecule has 9 heteroatoms. The third-order valence-corrected chi connectivity index (χ3v) is 9.34. The number of hydrogen-bond donors (Lipinski definition) is 0. The molecule has 1 aliphatic rings. The number of unbranched alkanes of at least 4 members (excludes halogenated alkanes) is 1. The van der Waals surface area contributed by atoms with Gasteiger partial charge in [-0.2, -0.15) is 18.3 Å². The third-order valence-electron chi connectivity index (χ3n) is 8.00. The van der Waals surface area contributed by atoms with E-state index < -0.39 is 11.7 Å². The van der Waals surface area contributed by atoms with Crippen molar-refractivity contribution < 1.29 is 17.6 Å². The molecule has 4 nitrogen and oxygen atoms in total. The average molecular weight is 660 g/mol. The second kappa shape index (κ2) is 20.3. The smallest absolute Gasteiger partial charge is 0.416 e. The first kappa shape index (κ1) is 42.2. The van der Waals surface area contributed by atoms with Gasteiger partial charge < -0.3 is 4.42 Å². The van der Waals surface area contributed by atoms with Gasteiger partial charge in [0.1, 0.15) is 5.71 Å². The molecule has 0 bridgehead atoms. The van der Waals surface area contributed by atoms with Gasteiger partial charge in [-0.3, -0.25) is 0 Å². The van der Waals surface area contributed by atoms with Gasteiger partial charge in [-0.25, -0.2) is 4.98 Å². The molecule has 1 heterocycles. The van der Waals surface area contributed by atoms with Crippen molar-refractivity contribution >= 4 is 34.9 Å². The van der Waals surface area contributed by atoms with Crippen LogP contribution in [-0.4, -0.2) is 21.5 Å². The summed E-state index contributed by atoms with van der Waals surface area (Å²) in [5.74, 6) is 3.83. The highest BCUT2D eigenvalue weighted by atomic mass is 35.5. The van der Waals surface area contributed by atoms with Gasteiger partial charge in [0.2, 0.25) is 0 Å². The topological polar surface area (TPSA) is 50.8 Å². The van der Waals surface area contributed by atoms with Crippen LogP contribution in [0.4, 0.5) is 13.2 Å². The number of thioether (sulfide) groups is 1. The van der Waals surface area contributed by atoms with E-state index in [1.165, 1.54) is 44.2 Å². The Labute approximate surface area is 276 Å². The van der Waals surface area contributed by atoms with Gasteiger partial charge in [-0.15, -0.1) is 29.3 Å². The molecule has 0 saturated heterocycles. The van der Waals surface area contributed by atoms with Crippen molar-refractivity contribution in [3.05, 3.63) is 53.2 Å². The number of rotatable bonds is 10. The van der Waals surface area contributed by atoms with Gasteiger partial charge in [0.05, 0.1) is 16.3 Å². The third kappa shape index (κ3) is 12.9. The SMILES string of the molecule is CC.CCCCS/C(=N/N=C(\C)c1ocnc1C)C(C)C.CC[C@@H]1C(c2ccc(C(F)(F)F)cc2)CC[C@]1(C)CC(C)C.Cl. The summed E-state index contributed by atoms with van der Waals surface area (Å²) in [6, 6.07) is 5.86. The molecule has 252 valence electrons. The minimum Gasteiger partial charge on any atom is -0.442 e. The molecule has 1 aromatic heterocycles. The highest BCUT2D eigenvalue weighted by Gasteiger charge is 2.44. The molecule has 0 N–H and O–H groups in total. The molecule has 1 aromatic carbocycles. The van der Waals surface area contributed by atoms with E-state index in [0.29, 0.717) is 34.8 Å². The number of hydrogen-bond acceptors (Lipinski definition) is 5. The second-order valence-corrected chi connectivity index (χ2v) is 13.4. The molecule has 1 unspecified atom stereocenters. The van der Waals surface area contributed by atoms with E-state index in [4.69, 9.17) is 4.42 Å². The molecule has 0 spiro atoms. The van der Waals surface area contributed by atoms with Gasteiger partial charge >= 0.3 is 6.18 Å². The Morgan fingerprint density at radius 2 is 1.70 bits per heavy atom. The summed E-state index contributed by atoms with van der Waals surface area (Å²) in [5, 5.41) is 9.72. The number of alkyl halides is 3. The van der Waals surface area contributed by atoms with E-state index >= 15 is 0 Å². The first-order valence-corrected chi connectivity index (χ1v) is 17.0. The molecule has 1 fully saturated rings. The summed E-state index contributed by atoms with van der Waals surface area (Å²) in [4.78, 5) is 4.06. The normalized spacial score (nSPS) is 20.5. The average Bonchev–Trinajstić information content (AvgIpc) is 3.53. The molecule has 0 radical (unpaired) electrons. The van der Waals surface area contributed by atoms with E-state index in [1.54, 1.807) is 23.9 Å². The van der Waals surface area contributed by atoms with Crippen molar-refractivity contribution in [2.45, 2.75) is 127 Å². The predicted octanol–water partition coefficient (Wildman–Crippen LogP) is 12.4. The van der Waals surface area contributed by atoms with Gasteiger partial charge in [0.25, 0.3) is 0 Å². The zero-order valence-corrected chi connectivity index (χ0v) is 30.5. The number of oxazole rings is 1. The van der Waals surface area contributed by atoms with Crippen LogP contribution in [0.15, 0.2) is 45.3 Å². The summed E-state index contributed by atoms with van der Waals surface area (Å²) >= 11 is 1.79. The minimum atomic E-state index is -4.25. The highest BCUT2D eigenvalue weighted by molar-refractivity contribution is 8.13. The molecule has 1 aliphatic carbocycles.